The van der Waals surface area contributed by atoms with Crippen LogP contribution in [0.5, 0.6) is 0 Å². The van der Waals surface area contributed by atoms with E-state index in [1.54, 1.807) is 4.90 Å². The van der Waals surface area contributed by atoms with E-state index in [-0.39, 0.29) is 18.7 Å². The molecular weight excluding hydrogens is 302 g/mol. The highest BCUT2D eigenvalue weighted by atomic mass is 16.5. The van der Waals surface area contributed by atoms with Gasteiger partial charge in [0.2, 0.25) is 5.91 Å². The van der Waals surface area contributed by atoms with Crippen LogP contribution in [0, 0.1) is 18.3 Å². The molecule has 0 atom stereocenters. The van der Waals surface area contributed by atoms with Crippen LogP contribution in [-0.4, -0.2) is 17.6 Å². The Morgan fingerprint density at radius 1 is 1.25 bits per heavy atom. The average Bonchev–Trinajstić information content (AvgIpc) is 2.98. The molecule has 0 aliphatic rings. The molecule has 0 fully saturated rings. The fraction of sp³-hybridized carbons (Fsp3) is 0.211. The minimum Gasteiger partial charge on any atom is -0.356 e. The number of fused-ring (bicyclic) bond motifs is 1. The van der Waals surface area contributed by atoms with Gasteiger partial charge in [-0.15, -0.1) is 0 Å². The highest BCUT2D eigenvalue weighted by Crippen LogP contribution is 2.22. The third kappa shape index (κ3) is 3.28. The van der Waals surface area contributed by atoms with Crippen molar-refractivity contribution in [3.63, 3.8) is 0 Å². The molecule has 0 bridgehead atoms. The molecule has 0 spiro atoms. The molecule has 3 aromatic rings. The van der Waals surface area contributed by atoms with E-state index in [2.05, 4.69) is 11.2 Å². The SMILES string of the molecule is Cc1ccc2onc(CC(=O)N(CCC#N)c3ccccc3)c2c1. The van der Waals surface area contributed by atoms with Crippen LogP contribution in [0.2, 0.25) is 0 Å². The minimum atomic E-state index is -0.104. The first-order valence-corrected chi connectivity index (χ1v) is 7.76. The number of carbonyl (C=O) groups excluding carboxylic acids is 1. The van der Waals surface area contributed by atoms with E-state index in [0.29, 0.717) is 17.8 Å². The molecule has 0 aliphatic carbocycles. The second kappa shape index (κ2) is 6.97. The van der Waals surface area contributed by atoms with Gasteiger partial charge in [-0.3, -0.25) is 4.79 Å². The van der Waals surface area contributed by atoms with Crippen LogP contribution in [0.4, 0.5) is 5.69 Å². The van der Waals surface area contributed by atoms with Gasteiger partial charge in [-0.2, -0.15) is 5.26 Å². The molecular formula is C19H17N3O2. The zero-order chi connectivity index (χ0) is 16.9. The number of benzene rings is 2. The fourth-order valence-electron chi connectivity index (χ4n) is 2.64. The number of anilines is 1. The third-order valence-corrected chi connectivity index (χ3v) is 3.83. The van der Waals surface area contributed by atoms with Gasteiger partial charge in [-0.1, -0.05) is 35.0 Å². The van der Waals surface area contributed by atoms with Crippen molar-refractivity contribution in [1.82, 2.24) is 5.16 Å². The summed E-state index contributed by atoms with van der Waals surface area (Å²) < 4.78 is 5.30. The van der Waals surface area contributed by atoms with Gasteiger partial charge >= 0.3 is 0 Å². The molecule has 5 heteroatoms. The summed E-state index contributed by atoms with van der Waals surface area (Å²) in [7, 11) is 0. The van der Waals surface area contributed by atoms with Crippen molar-refractivity contribution >= 4 is 22.6 Å². The highest BCUT2D eigenvalue weighted by molar-refractivity contribution is 5.96. The van der Waals surface area contributed by atoms with E-state index in [1.807, 2.05) is 55.5 Å². The maximum atomic E-state index is 12.8. The first-order valence-electron chi connectivity index (χ1n) is 7.76. The molecule has 1 heterocycles. The van der Waals surface area contributed by atoms with E-state index in [1.165, 1.54) is 0 Å². The molecule has 3 rings (SSSR count). The van der Waals surface area contributed by atoms with Crippen LogP contribution in [-0.2, 0) is 11.2 Å². The van der Waals surface area contributed by atoms with E-state index < -0.39 is 0 Å². The Morgan fingerprint density at radius 3 is 2.79 bits per heavy atom. The number of hydrogen-bond acceptors (Lipinski definition) is 4. The molecule has 1 aromatic heterocycles. The fourth-order valence-corrected chi connectivity index (χ4v) is 2.64. The predicted molar refractivity (Wildman–Crippen MR) is 91.5 cm³/mol. The summed E-state index contributed by atoms with van der Waals surface area (Å²) in [5.74, 6) is -0.104. The molecule has 24 heavy (non-hydrogen) atoms. The first-order chi connectivity index (χ1) is 11.7. The largest absolute Gasteiger partial charge is 0.356 e. The quantitative estimate of drug-likeness (QED) is 0.720. The Balaban J connectivity index is 1.87. The van der Waals surface area contributed by atoms with Gasteiger partial charge in [0.1, 0.15) is 5.69 Å². The Hall–Kier alpha value is -3.13. The Bertz CT molecular complexity index is 894. The molecule has 0 N–H and O–H groups in total. The predicted octanol–water partition coefficient (Wildman–Crippen LogP) is 3.63. The summed E-state index contributed by atoms with van der Waals surface area (Å²) in [6.07, 6.45) is 0.413. The monoisotopic (exact) mass is 319 g/mol. The lowest BCUT2D eigenvalue weighted by Crippen LogP contribution is -2.33. The Kier molecular flexibility index (Phi) is 4.57. The topological polar surface area (TPSA) is 70.1 Å². The van der Waals surface area contributed by atoms with E-state index in [9.17, 15) is 4.79 Å². The summed E-state index contributed by atoms with van der Waals surface area (Å²) >= 11 is 0. The van der Waals surface area contributed by atoms with E-state index >= 15 is 0 Å². The van der Waals surface area contributed by atoms with Crippen molar-refractivity contribution in [2.75, 3.05) is 11.4 Å². The number of hydrogen-bond donors (Lipinski definition) is 0. The second-order valence-corrected chi connectivity index (χ2v) is 5.59. The maximum Gasteiger partial charge on any atom is 0.233 e. The summed E-state index contributed by atoms with van der Waals surface area (Å²) in [5.41, 5.74) is 3.16. The van der Waals surface area contributed by atoms with Gasteiger partial charge in [-0.25, -0.2) is 0 Å². The Labute approximate surface area is 140 Å². The zero-order valence-electron chi connectivity index (χ0n) is 13.4. The van der Waals surface area contributed by atoms with Crippen LogP contribution in [0.25, 0.3) is 11.0 Å². The van der Waals surface area contributed by atoms with Crippen LogP contribution < -0.4 is 4.90 Å². The number of amides is 1. The normalized spacial score (nSPS) is 10.5. The lowest BCUT2D eigenvalue weighted by molar-refractivity contribution is -0.118. The zero-order valence-corrected chi connectivity index (χ0v) is 13.4. The molecule has 120 valence electrons. The van der Waals surface area contributed by atoms with Crippen LogP contribution in [0.3, 0.4) is 0 Å². The molecule has 0 unspecified atom stereocenters. The first kappa shape index (κ1) is 15.8. The number of para-hydroxylation sites is 1. The number of nitriles is 1. The van der Waals surface area contributed by atoms with Crippen molar-refractivity contribution in [1.29, 1.82) is 5.26 Å². The standard InChI is InChI=1S/C19H17N3O2/c1-14-8-9-18-16(12-14)17(21-24-18)13-19(23)22(11-5-10-20)15-6-3-2-4-7-15/h2-4,6-9,12H,5,11,13H2,1H3. The smallest absolute Gasteiger partial charge is 0.233 e. The molecule has 0 radical (unpaired) electrons. The number of carbonyl (C=O) groups is 1. The van der Waals surface area contributed by atoms with Gasteiger partial charge in [0.15, 0.2) is 5.58 Å². The molecule has 0 saturated heterocycles. The minimum absolute atomic E-state index is 0.104. The van der Waals surface area contributed by atoms with Crippen molar-refractivity contribution in [3.8, 4) is 6.07 Å². The van der Waals surface area contributed by atoms with Crippen molar-refractivity contribution in [3.05, 3.63) is 59.8 Å². The van der Waals surface area contributed by atoms with Gasteiger partial charge < -0.3 is 9.42 Å². The van der Waals surface area contributed by atoms with Crippen LogP contribution in [0.15, 0.2) is 53.1 Å². The third-order valence-electron chi connectivity index (χ3n) is 3.83. The van der Waals surface area contributed by atoms with Crippen molar-refractivity contribution < 1.29 is 9.32 Å². The molecule has 2 aromatic carbocycles. The number of nitrogens with zero attached hydrogens (tertiary/aromatic N) is 3. The second-order valence-electron chi connectivity index (χ2n) is 5.59. The Morgan fingerprint density at radius 2 is 2.04 bits per heavy atom. The summed E-state index contributed by atoms with van der Waals surface area (Å²) in [6.45, 7) is 2.34. The number of aryl methyl sites for hydroxylation is 1. The summed E-state index contributed by atoms with van der Waals surface area (Å²) in [4.78, 5) is 14.4. The van der Waals surface area contributed by atoms with Gasteiger partial charge in [-0.05, 0) is 31.2 Å². The van der Waals surface area contributed by atoms with Crippen LogP contribution >= 0.6 is 0 Å². The number of aromatic nitrogens is 1. The molecule has 0 saturated carbocycles. The van der Waals surface area contributed by atoms with E-state index in [4.69, 9.17) is 9.78 Å². The van der Waals surface area contributed by atoms with Gasteiger partial charge in [0.05, 0.1) is 18.9 Å². The summed E-state index contributed by atoms with van der Waals surface area (Å²) in [6, 6.07) is 17.2. The summed E-state index contributed by atoms with van der Waals surface area (Å²) in [5, 5.41) is 13.8. The lowest BCUT2D eigenvalue weighted by atomic mass is 10.1. The maximum absolute atomic E-state index is 12.8. The average molecular weight is 319 g/mol. The van der Waals surface area contributed by atoms with Gasteiger partial charge in [0.25, 0.3) is 0 Å². The van der Waals surface area contributed by atoms with Crippen LogP contribution in [0.1, 0.15) is 17.7 Å². The number of rotatable bonds is 5. The van der Waals surface area contributed by atoms with Crippen molar-refractivity contribution in [2.24, 2.45) is 0 Å². The molecule has 5 nitrogen and oxygen atoms in total. The van der Waals surface area contributed by atoms with Gasteiger partial charge in [0, 0.05) is 17.6 Å². The molecule has 1 amide bonds. The molecule has 0 aliphatic heterocycles. The highest BCUT2D eigenvalue weighted by Gasteiger charge is 2.19. The van der Waals surface area contributed by atoms with Crippen molar-refractivity contribution in [2.45, 2.75) is 19.8 Å². The van der Waals surface area contributed by atoms with E-state index in [0.717, 1.165) is 16.6 Å². The lowest BCUT2D eigenvalue weighted by Gasteiger charge is -2.21.